The van der Waals surface area contributed by atoms with E-state index in [1.54, 1.807) is 0 Å². The van der Waals surface area contributed by atoms with Crippen LogP contribution >= 0.6 is 0 Å². The molecule has 0 aliphatic heterocycles. The lowest BCUT2D eigenvalue weighted by molar-refractivity contribution is -0.129. The van der Waals surface area contributed by atoms with Gasteiger partial charge in [-0.05, 0) is 12.8 Å². The second-order valence-electron chi connectivity index (χ2n) is 3.09. The van der Waals surface area contributed by atoms with Gasteiger partial charge in [0.15, 0.2) is 0 Å². The van der Waals surface area contributed by atoms with Gasteiger partial charge in [-0.15, -0.1) is 0 Å². The molecular weight excluding hydrogens is 156 g/mol. The Balaban J connectivity index is 4.32. The van der Waals surface area contributed by atoms with E-state index in [-0.39, 0.29) is 5.91 Å². The van der Waals surface area contributed by atoms with Gasteiger partial charge < -0.3 is 5.73 Å². The van der Waals surface area contributed by atoms with E-state index in [2.05, 4.69) is 5.32 Å². The summed E-state index contributed by atoms with van der Waals surface area (Å²) < 4.78 is 0. The molecule has 4 nitrogen and oxygen atoms in total. The number of hydrogen-bond acceptors (Lipinski definition) is 2. The van der Waals surface area contributed by atoms with Crippen molar-refractivity contribution in [2.45, 2.75) is 33.6 Å². The van der Waals surface area contributed by atoms with Crippen molar-refractivity contribution in [3.63, 3.8) is 0 Å². The second kappa shape index (κ2) is 4.09. The lowest BCUT2D eigenvalue weighted by atomic mass is 9.84. The van der Waals surface area contributed by atoms with Gasteiger partial charge in [-0.25, -0.2) is 4.79 Å². The molecule has 0 heterocycles. The summed E-state index contributed by atoms with van der Waals surface area (Å²) in [6.45, 7) is 5.62. The Hall–Kier alpha value is -1.06. The average molecular weight is 172 g/mol. The molecule has 70 valence electrons. The molecule has 3 amide bonds. The molecule has 0 aromatic carbocycles. The molecule has 0 bridgehead atoms. The maximum absolute atomic E-state index is 11.3. The van der Waals surface area contributed by atoms with E-state index < -0.39 is 11.4 Å². The van der Waals surface area contributed by atoms with Crippen LogP contribution in [0, 0.1) is 5.41 Å². The number of urea groups is 1. The van der Waals surface area contributed by atoms with Crippen molar-refractivity contribution in [2.24, 2.45) is 11.1 Å². The molecule has 0 aromatic heterocycles. The number of rotatable bonds is 3. The number of nitrogens with one attached hydrogen (secondary N) is 1. The summed E-state index contributed by atoms with van der Waals surface area (Å²) >= 11 is 0. The molecule has 0 atom stereocenters. The summed E-state index contributed by atoms with van der Waals surface area (Å²) in [5.74, 6) is -0.292. The first kappa shape index (κ1) is 10.9. The van der Waals surface area contributed by atoms with Crippen LogP contribution in [0.25, 0.3) is 0 Å². The molecule has 0 unspecified atom stereocenters. The zero-order valence-electron chi connectivity index (χ0n) is 7.81. The van der Waals surface area contributed by atoms with Crippen molar-refractivity contribution in [2.75, 3.05) is 0 Å². The van der Waals surface area contributed by atoms with E-state index in [0.717, 1.165) is 0 Å². The molecule has 0 saturated carbocycles. The largest absolute Gasteiger partial charge is 0.351 e. The Labute approximate surface area is 72.5 Å². The van der Waals surface area contributed by atoms with E-state index in [1.807, 2.05) is 20.8 Å². The van der Waals surface area contributed by atoms with Crippen molar-refractivity contribution in [3.05, 3.63) is 0 Å². The third-order valence-corrected chi connectivity index (χ3v) is 2.35. The van der Waals surface area contributed by atoms with Crippen LogP contribution in [0.4, 0.5) is 4.79 Å². The lowest BCUT2D eigenvalue weighted by Gasteiger charge is -2.23. The minimum Gasteiger partial charge on any atom is -0.351 e. The minimum absolute atomic E-state index is 0.292. The van der Waals surface area contributed by atoms with Crippen LogP contribution in [0.15, 0.2) is 0 Å². The molecule has 0 fully saturated rings. The summed E-state index contributed by atoms with van der Waals surface area (Å²) in [7, 11) is 0. The average Bonchev–Trinajstić information content (AvgIpc) is 2.02. The number of amides is 3. The Morgan fingerprint density at radius 2 is 1.75 bits per heavy atom. The molecule has 0 aromatic rings. The third-order valence-electron chi connectivity index (χ3n) is 2.35. The third kappa shape index (κ3) is 2.53. The molecule has 0 saturated heterocycles. The predicted octanol–water partition coefficient (Wildman–Crippen LogP) is 1.01. The van der Waals surface area contributed by atoms with Crippen LogP contribution in [-0.2, 0) is 4.79 Å². The fourth-order valence-corrected chi connectivity index (χ4v) is 0.834. The van der Waals surface area contributed by atoms with Gasteiger partial charge in [0.05, 0.1) is 0 Å². The fraction of sp³-hybridized carbons (Fsp3) is 0.750. The number of carbonyl (C=O) groups is 2. The quantitative estimate of drug-likeness (QED) is 0.666. The Morgan fingerprint density at radius 3 is 2.00 bits per heavy atom. The van der Waals surface area contributed by atoms with Crippen LogP contribution in [0.5, 0.6) is 0 Å². The smallest absolute Gasteiger partial charge is 0.318 e. The highest BCUT2D eigenvalue weighted by molar-refractivity contribution is 5.96. The summed E-state index contributed by atoms with van der Waals surface area (Å²) in [6, 6.07) is -0.784. The molecule has 3 N–H and O–H groups in total. The first-order chi connectivity index (χ1) is 5.46. The highest BCUT2D eigenvalue weighted by atomic mass is 16.2. The van der Waals surface area contributed by atoms with Crippen molar-refractivity contribution >= 4 is 11.9 Å². The van der Waals surface area contributed by atoms with E-state index in [0.29, 0.717) is 12.8 Å². The first-order valence-electron chi connectivity index (χ1n) is 4.07. The summed E-state index contributed by atoms with van der Waals surface area (Å²) in [5.41, 5.74) is 4.35. The van der Waals surface area contributed by atoms with Gasteiger partial charge in [-0.2, -0.15) is 0 Å². The van der Waals surface area contributed by atoms with Gasteiger partial charge in [0.25, 0.3) is 0 Å². The molecule has 4 heteroatoms. The molecule has 0 aliphatic carbocycles. The standard InChI is InChI=1S/C8H16N2O2/c1-4-8(3,5-2)6(11)10-7(9)12/h4-5H2,1-3H3,(H3,9,10,11,12). The van der Waals surface area contributed by atoms with E-state index in [1.165, 1.54) is 0 Å². The minimum atomic E-state index is -0.784. The maximum Gasteiger partial charge on any atom is 0.318 e. The van der Waals surface area contributed by atoms with E-state index in [4.69, 9.17) is 5.73 Å². The number of imide groups is 1. The normalized spacial score (nSPS) is 10.9. The Kier molecular flexibility index (Phi) is 3.73. The number of nitrogens with two attached hydrogens (primary N) is 1. The predicted molar refractivity (Wildman–Crippen MR) is 46.4 cm³/mol. The van der Waals surface area contributed by atoms with Gasteiger partial charge in [-0.1, -0.05) is 20.8 Å². The summed E-state index contributed by atoms with van der Waals surface area (Å²) in [4.78, 5) is 21.7. The highest BCUT2D eigenvalue weighted by Gasteiger charge is 2.29. The molecule has 0 radical (unpaired) electrons. The van der Waals surface area contributed by atoms with Gasteiger partial charge in [0.1, 0.15) is 0 Å². The maximum atomic E-state index is 11.3. The number of primary amides is 1. The van der Waals surface area contributed by atoms with Gasteiger partial charge in [0, 0.05) is 5.41 Å². The topological polar surface area (TPSA) is 72.2 Å². The molecule has 0 aliphatic rings. The van der Waals surface area contributed by atoms with Crippen molar-refractivity contribution in [1.29, 1.82) is 0 Å². The van der Waals surface area contributed by atoms with Crippen LogP contribution < -0.4 is 11.1 Å². The molecular formula is C8H16N2O2. The van der Waals surface area contributed by atoms with Crippen LogP contribution in [0.1, 0.15) is 33.6 Å². The van der Waals surface area contributed by atoms with Gasteiger partial charge >= 0.3 is 6.03 Å². The lowest BCUT2D eigenvalue weighted by Crippen LogP contribution is -2.43. The molecule has 12 heavy (non-hydrogen) atoms. The van der Waals surface area contributed by atoms with Gasteiger partial charge in [-0.3, -0.25) is 10.1 Å². The number of hydrogen-bond donors (Lipinski definition) is 2. The fourth-order valence-electron chi connectivity index (χ4n) is 0.834. The van der Waals surface area contributed by atoms with Crippen LogP contribution in [-0.4, -0.2) is 11.9 Å². The van der Waals surface area contributed by atoms with Crippen molar-refractivity contribution < 1.29 is 9.59 Å². The Morgan fingerprint density at radius 1 is 1.33 bits per heavy atom. The zero-order chi connectivity index (χ0) is 9.78. The van der Waals surface area contributed by atoms with Crippen molar-refractivity contribution in [3.8, 4) is 0 Å². The van der Waals surface area contributed by atoms with E-state index in [9.17, 15) is 9.59 Å². The first-order valence-corrected chi connectivity index (χ1v) is 4.07. The zero-order valence-corrected chi connectivity index (χ0v) is 7.81. The second-order valence-corrected chi connectivity index (χ2v) is 3.09. The SMILES string of the molecule is CCC(C)(CC)C(=O)NC(N)=O. The number of carbonyl (C=O) groups excluding carboxylic acids is 2. The van der Waals surface area contributed by atoms with Gasteiger partial charge in [0.2, 0.25) is 5.91 Å². The molecule has 0 spiro atoms. The van der Waals surface area contributed by atoms with Crippen LogP contribution in [0.3, 0.4) is 0 Å². The van der Waals surface area contributed by atoms with Crippen LogP contribution in [0.2, 0.25) is 0 Å². The Bertz CT molecular complexity index is 185. The summed E-state index contributed by atoms with van der Waals surface area (Å²) in [6.07, 6.45) is 1.39. The molecule has 0 rings (SSSR count). The monoisotopic (exact) mass is 172 g/mol. The van der Waals surface area contributed by atoms with E-state index >= 15 is 0 Å². The highest BCUT2D eigenvalue weighted by Crippen LogP contribution is 2.24. The summed E-state index contributed by atoms with van der Waals surface area (Å²) in [5, 5.41) is 2.09. The van der Waals surface area contributed by atoms with Crippen molar-refractivity contribution in [1.82, 2.24) is 5.32 Å².